The second-order valence-electron chi connectivity index (χ2n) is 9.02. The molecular formula is C20H31NO6. The van der Waals surface area contributed by atoms with Gasteiger partial charge in [0.05, 0.1) is 31.3 Å². The van der Waals surface area contributed by atoms with Gasteiger partial charge in [-0.1, -0.05) is 0 Å². The lowest BCUT2D eigenvalue weighted by Crippen LogP contribution is -2.49. The van der Waals surface area contributed by atoms with E-state index in [9.17, 15) is 19.8 Å². The third kappa shape index (κ3) is 3.22. The van der Waals surface area contributed by atoms with Gasteiger partial charge in [0, 0.05) is 24.9 Å². The summed E-state index contributed by atoms with van der Waals surface area (Å²) in [7, 11) is 1.69. The highest BCUT2D eigenvalue weighted by Gasteiger charge is 2.63. The van der Waals surface area contributed by atoms with Gasteiger partial charge in [0.25, 0.3) is 0 Å². The summed E-state index contributed by atoms with van der Waals surface area (Å²) in [5.41, 5.74) is -0.0672. The first-order valence-electron chi connectivity index (χ1n) is 10.3. The van der Waals surface area contributed by atoms with Crippen molar-refractivity contribution in [1.82, 2.24) is 5.06 Å². The molecule has 6 unspecified atom stereocenters. The Morgan fingerprint density at radius 1 is 1.41 bits per heavy atom. The van der Waals surface area contributed by atoms with Gasteiger partial charge < -0.3 is 24.6 Å². The molecule has 2 saturated carbocycles. The van der Waals surface area contributed by atoms with E-state index < -0.39 is 11.9 Å². The van der Waals surface area contributed by atoms with Gasteiger partial charge in [-0.2, -0.15) is 5.06 Å². The second-order valence-corrected chi connectivity index (χ2v) is 9.02. The SMILES string of the molecule is CON1CCC23CC(C(CC=O)C(=O)O)CC[C@@H]2OC2CC(O)C[C@H](C1)C23. The van der Waals surface area contributed by atoms with E-state index in [2.05, 4.69) is 0 Å². The van der Waals surface area contributed by atoms with Crippen LogP contribution in [0.5, 0.6) is 0 Å². The van der Waals surface area contributed by atoms with Crippen molar-refractivity contribution < 1.29 is 29.4 Å². The van der Waals surface area contributed by atoms with Crippen LogP contribution < -0.4 is 0 Å². The van der Waals surface area contributed by atoms with Gasteiger partial charge in [-0.05, 0) is 56.3 Å². The first-order valence-corrected chi connectivity index (χ1v) is 10.3. The van der Waals surface area contributed by atoms with Gasteiger partial charge in [-0.15, -0.1) is 0 Å². The smallest absolute Gasteiger partial charge is 0.307 e. The summed E-state index contributed by atoms with van der Waals surface area (Å²) >= 11 is 0. The molecule has 4 aliphatic rings. The summed E-state index contributed by atoms with van der Waals surface area (Å²) in [4.78, 5) is 28.4. The van der Waals surface area contributed by atoms with Crippen molar-refractivity contribution in [2.45, 2.75) is 63.3 Å². The van der Waals surface area contributed by atoms with E-state index in [1.165, 1.54) is 0 Å². The molecule has 1 spiro atoms. The van der Waals surface area contributed by atoms with Crippen LogP contribution in [0.2, 0.25) is 0 Å². The summed E-state index contributed by atoms with van der Waals surface area (Å²) < 4.78 is 6.48. The molecule has 0 aromatic heterocycles. The maximum absolute atomic E-state index is 11.8. The van der Waals surface area contributed by atoms with Crippen LogP contribution in [0.25, 0.3) is 0 Å². The first kappa shape index (κ1) is 19.3. The number of carbonyl (C=O) groups is 2. The molecule has 0 radical (unpaired) electrons. The fraction of sp³-hybridized carbons (Fsp3) is 0.900. The van der Waals surface area contributed by atoms with Gasteiger partial charge in [0.2, 0.25) is 0 Å². The van der Waals surface area contributed by atoms with E-state index in [1.807, 2.05) is 5.06 Å². The predicted octanol–water partition coefficient (Wildman–Crippen LogP) is 1.48. The normalized spacial score (nSPS) is 45.4. The van der Waals surface area contributed by atoms with Gasteiger partial charge in [-0.25, -0.2) is 0 Å². The molecule has 2 aliphatic carbocycles. The quantitative estimate of drug-likeness (QED) is 0.697. The minimum absolute atomic E-state index is 0.00731. The number of carboxylic acids is 1. The van der Waals surface area contributed by atoms with E-state index in [0.29, 0.717) is 18.3 Å². The molecule has 27 heavy (non-hydrogen) atoms. The molecule has 0 amide bonds. The highest BCUT2D eigenvalue weighted by atomic mass is 16.7. The number of hydrogen-bond donors (Lipinski definition) is 2. The van der Waals surface area contributed by atoms with Gasteiger partial charge in [-0.3, -0.25) is 4.79 Å². The number of aliphatic hydroxyl groups is 1. The molecule has 0 bridgehead atoms. The summed E-state index contributed by atoms with van der Waals surface area (Å²) in [6.45, 7) is 1.58. The Balaban J connectivity index is 1.66. The lowest BCUT2D eigenvalue weighted by molar-refractivity contribution is -0.151. The summed E-state index contributed by atoms with van der Waals surface area (Å²) in [6.07, 6.45) is 5.44. The standard InChI is InChI=1S/C20H31NO6/c1-26-21-6-5-20-10-12(15(4-7-22)19(24)25)2-3-17(20)27-16-9-14(23)8-13(11-21)18(16)20/h7,12-18,23H,2-6,8-11H2,1H3,(H,24,25)/t12?,13-,14?,15?,16?,17+,18?,20?/m1/s1. The zero-order chi connectivity index (χ0) is 19.2. The Kier molecular flexibility index (Phi) is 5.31. The molecule has 2 saturated heterocycles. The second kappa shape index (κ2) is 7.43. The molecule has 4 fully saturated rings. The maximum atomic E-state index is 11.8. The monoisotopic (exact) mass is 381 g/mol. The molecule has 0 aromatic carbocycles. The van der Waals surface area contributed by atoms with Crippen LogP contribution in [0, 0.1) is 29.1 Å². The minimum atomic E-state index is -0.861. The van der Waals surface area contributed by atoms with Gasteiger partial charge in [0.15, 0.2) is 0 Å². The Hall–Kier alpha value is -1.02. The summed E-state index contributed by atoms with van der Waals surface area (Å²) in [5.74, 6) is -0.835. The third-order valence-corrected chi connectivity index (χ3v) is 7.83. The minimum Gasteiger partial charge on any atom is -0.481 e. The fourth-order valence-corrected chi connectivity index (χ4v) is 6.84. The van der Waals surface area contributed by atoms with Crippen LogP contribution in [0.4, 0.5) is 0 Å². The van der Waals surface area contributed by atoms with Crippen molar-refractivity contribution in [2.75, 3.05) is 20.2 Å². The fourth-order valence-electron chi connectivity index (χ4n) is 6.84. The number of aliphatic carboxylic acids is 1. The highest BCUT2D eigenvalue weighted by molar-refractivity contribution is 5.73. The van der Waals surface area contributed by atoms with Gasteiger partial charge in [0.1, 0.15) is 6.29 Å². The number of carboxylic acid groups (broad SMARTS) is 1. The first-order chi connectivity index (χ1) is 13.0. The third-order valence-electron chi connectivity index (χ3n) is 7.83. The molecule has 2 N–H and O–H groups in total. The number of nitrogens with zero attached hydrogens (tertiary/aromatic N) is 1. The van der Waals surface area contributed by atoms with Crippen molar-refractivity contribution in [1.29, 1.82) is 0 Å². The van der Waals surface area contributed by atoms with E-state index in [0.717, 1.165) is 51.5 Å². The molecule has 2 aliphatic heterocycles. The lowest BCUT2D eigenvalue weighted by Gasteiger charge is -2.48. The average molecular weight is 381 g/mol. The van der Waals surface area contributed by atoms with Crippen LogP contribution in [0.1, 0.15) is 44.9 Å². The number of hydrogen-bond acceptors (Lipinski definition) is 6. The average Bonchev–Trinajstić information content (AvgIpc) is 2.86. The molecule has 152 valence electrons. The molecule has 2 heterocycles. The molecular weight excluding hydrogens is 350 g/mol. The van der Waals surface area contributed by atoms with Crippen LogP contribution in [-0.2, 0) is 19.2 Å². The Bertz CT molecular complexity index is 585. The predicted molar refractivity (Wildman–Crippen MR) is 95.7 cm³/mol. The van der Waals surface area contributed by atoms with Crippen molar-refractivity contribution in [3.05, 3.63) is 0 Å². The highest BCUT2D eigenvalue weighted by Crippen LogP contribution is 2.62. The van der Waals surface area contributed by atoms with Crippen molar-refractivity contribution in [2.24, 2.45) is 29.1 Å². The van der Waals surface area contributed by atoms with Crippen LogP contribution in [-0.4, -0.2) is 66.0 Å². The van der Waals surface area contributed by atoms with Crippen LogP contribution in [0.15, 0.2) is 0 Å². The van der Waals surface area contributed by atoms with Crippen molar-refractivity contribution in [3.63, 3.8) is 0 Å². The topological polar surface area (TPSA) is 96.3 Å². The van der Waals surface area contributed by atoms with Gasteiger partial charge >= 0.3 is 5.97 Å². The lowest BCUT2D eigenvalue weighted by atomic mass is 9.54. The number of aldehydes is 1. The van der Waals surface area contributed by atoms with E-state index in [1.54, 1.807) is 7.11 Å². The largest absolute Gasteiger partial charge is 0.481 e. The Labute approximate surface area is 160 Å². The number of hydroxylamine groups is 2. The Morgan fingerprint density at radius 2 is 2.22 bits per heavy atom. The zero-order valence-electron chi connectivity index (χ0n) is 16.0. The molecule has 0 aromatic rings. The maximum Gasteiger partial charge on any atom is 0.307 e. The number of carbonyl (C=O) groups excluding carboxylic acids is 1. The van der Waals surface area contributed by atoms with E-state index in [4.69, 9.17) is 9.57 Å². The van der Waals surface area contributed by atoms with Crippen LogP contribution in [0.3, 0.4) is 0 Å². The summed E-state index contributed by atoms with van der Waals surface area (Å²) in [5, 5.41) is 22.0. The number of rotatable bonds is 5. The molecule has 8 atom stereocenters. The number of ether oxygens (including phenoxy) is 1. The zero-order valence-corrected chi connectivity index (χ0v) is 16.0. The van der Waals surface area contributed by atoms with E-state index >= 15 is 0 Å². The molecule has 4 rings (SSSR count). The van der Waals surface area contributed by atoms with Crippen molar-refractivity contribution in [3.8, 4) is 0 Å². The summed E-state index contributed by atoms with van der Waals surface area (Å²) in [6, 6.07) is 0. The number of aliphatic hydroxyl groups excluding tert-OH is 1. The van der Waals surface area contributed by atoms with E-state index in [-0.39, 0.29) is 36.1 Å². The van der Waals surface area contributed by atoms with Crippen molar-refractivity contribution >= 4 is 12.3 Å². The van der Waals surface area contributed by atoms with Crippen LogP contribution >= 0.6 is 0 Å². The molecule has 7 heteroatoms. The molecule has 7 nitrogen and oxygen atoms in total. The Morgan fingerprint density at radius 3 is 2.93 bits per heavy atom.